The van der Waals surface area contributed by atoms with Crippen molar-refractivity contribution in [2.75, 3.05) is 26.8 Å². The molecule has 3 unspecified atom stereocenters. The first-order chi connectivity index (χ1) is 16.1. The molecule has 2 aliphatic carbocycles. The highest BCUT2D eigenvalue weighted by atomic mass is 35.5. The second kappa shape index (κ2) is 8.30. The topological polar surface area (TPSA) is 50.8 Å². The van der Waals surface area contributed by atoms with Gasteiger partial charge < -0.3 is 14.8 Å². The predicted octanol–water partition coefficient (Wildman–Crippen LogP) is 4.21. The van der Waals surface area contributed by atoms with Crippen LogP contribution in [0.1, 0.15) is 47.2 Å². The van der Waals surface area contributed by atoms with Crippen molar-refractivity contribution in [3.8, 4) is 5.75 Å². The van der Waals surface area contributed by atoms with E-state index in [1.807, 2.05) is 0 Å². The molecule has 5 nitrogen and oxygen atoms in total. The van der Waals surface area contributed by atoms with Crippen molar-refractivity contribution in [3.63, 3.8) is 0 Å². The summed E-state index contributed by atoms with van der Waals surface area (Å²) in [4.78, 5) is 15.6. The lowest BCUT2D eigenvalue weighted by Crippen LogP contribution is -2.68. The number of amides is 1. The van der Waals surface area contributed by atoms with Gasteiger partial charge in [-0.3, -0.25) is 9.69 Å². The molecular weight excluding hydrogens is 436 g/mol. The summed E-state index contributed by atoms with van der Waals surface area (Å²) in [6, 6.07) is 14.0. The second-order valence-electron chi connectivity index (χ2n) is 10.3. The van der Waals surface area contributed by atoms with Gasteiger partial charge in [-0.2, -0.15) is 0 Å². The Morgan fingerprint density at radius 3 is 2.82 bits per heavy atom. The van der Waals surface area contributed by atoms with Gasteiger partial charge in [-0.25, -0.2) is 0 Å². The molecule has 6 heteroatoms. The third-order valence-corrected chi connectivity index (χ3v) is 8.46. The monoisotopic (exact) mass is 466 g/mol. The van der Waals surface area contributed by atoms with E-state index in [1.54, 1.807) is 31.4 Å². The van der Waals surface area contributed by atoms with E-state index in [2.05, 4.69) is 28.4 Å². The molecule has 2 aromatic carbocycles. The summed E-state index contributed by atoms with van der Waals surface area (Å²) >= 11 is 6.00. The van der Waals surface area contributed by atoms with Crippen LogP contribution in [0.2, 0.25) is 5.02 Å². The van der Waals surface area contributed by atoms with Gasteiger partial charge in [0, 0.05) is 28.6 Å². The van der Waals surface area contributed by atoms with Crippen LogP contribution < -0.4 is 10.1 Å². The molecule has 4 aliphatic rings. The van der Waals surface area contributed by atoms with Gasteiger partial charge in [-0.05, 0) is 92.1 Å². The van der Waals surface area contributed by atoms with E-state index in [1.165, 1.54) is 30.5 Å². The molecule has 4 atom stereocenters. The molecular formula is C27H31ClN2O3. The molecule has 0 aromatic heterocycles. The number of ether oxygens (including phenoxy) is 2. The Hall–Kier alpha value is -2.08. The number of likely N-dealkylation sites (tertiary alicyclic amines) is 1. The maximum absolute atomic E-state index is 12.9. The molecule has 3 fully saturated rings. The zero-order valence-electron chi connectivity index (χ0n) is 19.1. The van der Waals surface area contributed by atoms with Crippen LogP contribution in [-0.4, -0.2) is 55.8 Å². The summed E-state index contributed by atoms with van der Waals surface area (Å²) in [5, 5.41) is 3.88. The first kappa shape index (κ1) is 21.5. The lowest BCUT2D eigenvalue weighted by atomic mass is 9.58. The summed E-state index contributed by atoms with van der Waals surface area (Å²) < 4.78 is 12.3. The van der Waals surface area contributed by atoms with Crippen LogP contribution in [0.25, 0.3) is 0 Å². The van der Waals surface area contributed by atoms with E-state index in [9.17, 15) is 4.79 Å². The summed E-state index contributed by atoms with van der Waals surface area (Å²) in [5.41, 5.74) is 3.30. The molecule has 1 amide bonds. The maximum Gasteiger partial charge on any atom is 0.251 e. The molecule has 2 saturated heterocycles. The first-order valence-corrected chi connectivity index (χ1v) is 12.5. The Kier molecular flexibility index (Phi) is 5.39. The van der Waals surface area contributed by atoms with Gasteiger partial charge in [0.25, 0.3) is 5.91 Å². The van der Waals surface area contributed by atoms with Crippen LogP contribution in [0, 0.1) is 5.92 Å². The Balaban J connectivity index is 1.30. The number of rotatable bonds is 5. The van der Waals surface area contributed by atoms with Crippen molar-refractivity contribution in [2.24, 2.45) is 5.92 Å². The fourth-order valence-electron chi connectivity index (χ4n) is 6.42. The molecule has 0 spiro atoms. The zero-order chi connectivity index (χ0) is 22.6. The quantitative estimate of drug-likeness (QED) is 0.717. The van der Waals surface area contributed by atoms with Crippen LogP contribution >= 0.6 is 11.6 Å². The number of methoxy groups -OCH3 is 1. The third kappa shape index (κ3) is 3.84. The minimum atomic E-state index is -0.0942. The van der Waals surface area contributed by atoms with Crippen LogP contribution in [0.15, 0.2) is 42.5 Å². The largest absolute Gasteiger partial charge is 0.497 e. The lowest BCUT2D eigenvalue weighted by molar-refractivity contribution is -0.136. The molecule has 33 heavy (non-hydrogen) atoms. The SMILES string of the molecule is COc1ccc2c(c1)[C@]13CCN(CC4CC4)C(C2)C1OCC(NC(=O)c1ccc(Cl)cc1)C3. The number of fused-ring (bicyclic) bond motifs is 1. The van der Waals surface area contributed by atoms with Gasteiger partial charge in [-0.15, -0.1) is 0 Å². The number of nitrogens with zero attached hydrogens (tertiary/aromatic N) is 1. The number of hydrogen-bond donors (Lipinski definition) is 1. The second-order valence-corrected chi connectivity index (χ2v) is 10.7. The van der Waals surface area contributed by atoms with Crippen molar-refractivity contribution in [1.82, 2.24) is 10.2 Å². The van der Waals surface area contributed by atoms with Gasteiger partial charge >= 0.3 is 0 Å². The molecule has 2 bridgehead atoms. The number of halogens is 1. The summed E-state index contributed by atoms with van der Waals surface area (Å²) in [7, 11) is 1.73. The first-order valence-electron chi connectivity index (χ1n) is 12.2. The Labute approximate surface area is 200 Å². The van der Waals surface area contributed by atoms with E-state index in [4.69, 9.17) is 21.1 Å². The van der Waals surface area contributed by atoms with Crippen molar-refractivity contribution < 1.29 is 14.3 Å². The van der Waals surface area contributed by atoms with Crippen LogP contribution in [0.5, 0.6) is 5.75 Å². The number of carbonyl (C=O) groups excluding carboxylic acids is 1. The molecule has 1 saturated carbocycles. The number of carbonyl (C=O) groups is 1. The Morgan fingerprint density at radius 1 is 1.24 bits per heavy atom. The molecule has 2 heterocycles. The standard InChI is InChI=1S/C27H31ClN2O3/c1-32-22-9-6-19-12-24-25-27(23(19)13-22,10-11-30(24)15-17-2-3-17)14-21(16-33-25)29-26(31)18-4-7-20(28)8-5-18/h4-9,13,17,21,24-25H,2-3,10-12,14-16H2,1H3,(H,29,31)/t21?,24?,25?,27-/m1/s1. The number of piperidine rings is 1. The van der Waals surface area contributed by atoms with Gasteiger partial charge in [0.05, 0.1) is 25.9 Å². The zero-order valence-corrected chi connectivity index (χ0v) is 19.8. The number of benzene rings is 2. The van der Waals surface area contributed by atoms with Crippen molar-refractivity contribution in [1.29, 1.82) is 0 Å². The van der Waals surface area contributed by atoms with E-state index >= 15 is 0 Å². The fraction of sp³-hybridized carbons (Fsp3) is 0.519. The minimum Gasteiger partial charge on any atom is -0.497 e. The fourth-order valence-corrected chi connectivity index (χ4v) is 6.55. The smallest absolute Gasteiger partial charge is 0.251 e. The summed E-state index contributed by atoms with van der Waals surface area (Å²) in [5.74, 6) is 1.69. The van der Waals surface area contributed by atoms with E-state index in [-0.39, 0.29) is 23.5 Å². The third-order valence-electron chi connectivity index (χ3n) is 8.21. The molecule has 2 aromatic rings. The van der Waals surface area contributed by atoms with Crippen molar-refractivity contribution >= 4 is 17.5 Å². The van der Waals surface area contributed by atoms with E-state index < -0.39 is 0 Å². The molecule has 1 N–H and O–H groups in total. The van der Waals surface area contributed by atoms with Gasteiger partial charge in [0.1, 0.15) is 5.75 Å². The van der Waals surface area contributed by atoms with E-state index in [0.29, 0.717) is 23.2 Å². The number of hydrogen-bond acceptors (Lipinski definition) is 4. The van der Waals surface area contributed by atoms with Gasteiger partial charge in [0.15, 0.2) is 0 Å². The Morgan fingerprint density at radius 2 is 2.06 bits per heavy atom. The van der Waals surface area contributed by atoms with Gasteiger partial charge in [0.2, 0.25) is 0 Å². The van der Waals surface area contributed by atoms with Crippen LogP contribution in [0.4, 0.5) is 0 Å². The van der Waals surface area contributed by atoms with Crippen molar-refractivity contribution in [3.05, 3.63) is 64.2 Å². The highest BCUT2D eigenvalue weighted by Crippen LogP contribution is 2.52. The number of nitrogens with one attached hydrogen (secondary N) is 1. The summed E-state index contributed by atoms with van der Waals surface area (Å²) in [6.45, 7) is 2.84. The maximum atomic E-state index is 12.9. The van der Waals surface area contributed by atoms with E-state index in [0.717, 1.165) is 37.5 Å². The normalized spacial score (nSPS) is 30.8. The van der Waals surface area contributed by atoms with Crippen molar-refractivity contribution in [2.45, 2.75) is 55.7 Å². The Bertz CT molecular complexity index is 1050. The highest BCUT2D eigenvalue weighted by Gasteiger charge is 2.57. The van der Waals surface area contributed by atoms with Crippen LogP contribution in [-0.2, 0) is 16.6 Å². The molecule has 174 valence electrons. The molecule has 0 radical (unpaired) electrons. The average Bonchev–Trinajstić information content (AvgIpc) is 3.65. The summed E-state index contributed by atoms with van der Waals surface area (Å²) in [6.07, 6.45) is 5.87. The molecule has 6 rings (SSSR count). The van der Waals surface area contributed by atoms with Crippen LogP contribution in [0.3, 0.4) is 0 Å². The minimum absolute atomic E-state index is 0.0304. The van der Waals surface area contributed by atoms with Gasteiger partial charge in [-0.1, -0.05) is 17.7 Å². The lowest BCUT2D eigenvalue weighted by Gasteiger charge is -2.59. The predicted molar refractivity (Wildman–Crippen MR) is 128 cm³/mol. The molecule has 2 aliphatic heterocycles. The average molecular weight is 467 g/mol. The highest BCUT2D eigenvalue weighted by molar-refractivity contribution is 6.30.